The smallest absolute Gasteiger partial charge is 0.255 e. The molecule has 1 N–H and O–H groups in total. The Balaban J connectivity index is 2.02. The summed E-state index contributed by atoms with van der Waals surface area (Å²) in [5.74, 6) is 0.405. The predicted molar refractivity (Wildman–Crippen MR) is 87.8 cm³/mol. The zero-order chi connectivity index (χ0) is 15.8. The lowest BCUT2D eigenvalue weighted by molar-refractivity contribution is 0.102. The molecule has 0 saturated heterocycles. The van der Waals surface area contributed by atoms with E-state index in [0.29, 0.717) is 41.8 Å². The van der Waals surface area contributed by atoms with Crippen LogP contribution < -0.4 is 10.1 Å². The number of rotatable bonds is 7. The number of nitrogens with one attached hydrogen (secondary N) is 1. The van der Waals surface area contributed by atoms with E-state index in [1.165, 1.54) is 0 Å². The molecule has 0 bridgehead atoms. The Morgan fingerprint density at radius 2 is 1.82 bits per heavy atom. The van der Waals surface area contributed by atoms with E-state index in [2.05, 4.69) is 5.32 Å². The van der Waals surface area contributed by atoms with Gasteiger partial charge in [0.25, 0.3) is 5.91 Å². The maximum atomic E-state index is 12.2. The molecule has 0 aromatic heterocycles. The van der Waals surface area contributed by atoms with E-state index in [1.54, 1.807) is 30.3 Å². The molecule has 5 heteroatoms. The fourth-order valence-electron chi connectivity index (χ4n) is 1.85. The van der Waals surface area contributed by atoms with Crippen molar-refractivity contribution in [3.05, 3.63) is 59.1 Å². The van der Waals surface area contributed by atoms with Gasteiger partial charge in [-0.3, -0.25) is 4.79 Å². The molecule has 0 heterocycles. The summed E-state index contributed by atoms with van der Waals surface area (Å²) < 4.78 is 10.9. The second kappa shape index (κ2) is 8.41. The first-order valence-electron chi connectivity index (χ1n) is 7.07. The second-order valence-corrected chi connectivity index (χ2v) is 4.94. The average molecular weight is 320 g/mol. The Kier molecular flexibility index (Phi) is 6.25. The highest BCUT2D eigenvalue weighted by atomic mass is 35.5. The SMILES string of the molecule is CCOCCOc1ccccc1NC(=O)c1ccc(Cl)cc1. The number of anilines is 1. The van der Waals surface area contributed by atoms with Crippen LogP contribution in [0.2, 0.25) is 5.02 Å². The molecule has 2 aromatic carbocycles. The lowest BCUT2D eigenvalue weighted by Crippen LogP contribution is -2.14. The Labute approximate surface area is 135 Å². The Morgan fingerprint density at radius 3 is 2.55 bits per heavy atom. The lowest BCUT2D eigenvalue weighted by atomic mass is 10.2. The van der Waals surface area contributed by atoms with E-state index in [-0.39, 0.29) is 5.91 Å². The third-order valence-corrected chi connectivity index (χ3v) is 3.18. The van der Waals surface area contributed by atoms with Crippen molar-refractivity contribution in [1.29, 1.82) is 0 Å². The van der Waals surface area contributed by atoms with Gasteiger partial charge in [-0.25, -0.2) is 0 Å². The molecule has 0 unspecified atom stereocenters. The van der Waals surface area contributed by atoms with Crippen LogP contribution in [0, 0.1) is 0 Å². The first-order valence-corrected chi connectivity index (χ1v) is 7.45. The van der Waals surface area contributed by atoms with E-state index in [4.69, 9.17) is 21.1 Å². The van der Waals surface area contributed by atoms with Gasteiger partial charge in [-0.1, -0.05) is 23.7 Å². The molecular formula is C17H18ClNO3. The lowest BCUT2D eigenvalue weighted by Gasteiger charge is -2.12. The summed E-state index contributed by atoms with van der Waals surface area (Å²) in [4.78, 5) is 12.2. The third-order valence-electron chi connectivity index (χ3n) is 2.93. The Hall–Kier alpha value is -2.04. The maximum Gasteiger partial charge on any atom is 0.255 e. The van der Waals surface area contributed by atoms with E-state index in [9.17, 15) is 4.79 Å². The highest BCUT2D eigenvalue weighted by Gasteiger charge is 2.09. The highest BCUT2D eigenvalue weighted by Crippen LogP contribution is 2.24. The van der Waals surface area contributed by atoms with E-state index in [0.717, 1.165) is 0 Å². The largest absolute Gasteiger partial charge is 0.489 e. The summed E-state index contributed by atoms with van der Waals surface area (Å²) in [6.07, 6.45) is 0. The highest BCUT2D eigenvalue weighted by molar-refractivity contribution is 6.30. The van der Waals surface area contributed by atoms with Crippen LogP contribution in [0.1, 0.15) is 17.3 Å². The van der Waals surface area contributed by atoms with Gasteiger partial charge in [0.1, 0.15) is 12.4 Å². The van der Waals surface area contributed by atoms with Crippen molar-refractivity contribution in [2.75, 3.05) is 25.1 Å². The molecule has 0 aliphatic rings. The van der Waals surface area contributed by atoms with Crippen molar-refractivity contribution >= 4 is 23.2 Å². The Bertz CT molecular complexity index is 614. The Morgan fingerprint density at radius 1 is 1.09 bits per heavy atom. The number of carbonyl (C=O) groups is 1. The van der Waals surface area contributed by atoms with Crippen LogP contribution in [-0.4, -0.2) is 25.7 Å². The van der Waals surface area contributed by atoms with Gasteiger partial charge in [0.2, 0.25) is 0 Å². The van der Waals surface area contributed by atoms with Gasteiger partial charge in [-0.2, -0.15) is 0 Å². The third kappa shape index (κ3) is 4.76. The standard InChI is InChI=1S/C17H18ClNO3/c1-2-21-11-12-22-16-6-4-3-5-15(16)19-17(20)13-7-9-14(18)10-8-13/h3-10H,2,11-12H2,1H3,(H,19,20). The van der Waals surface area contributed by atoms with E-state index in [1.807, 2.05) is 25.1 Å². The molecule has 0 aliphatic heterocycles. The summed E-state index contributed by atoms with van der Waals surface area (Å²) in [6, 6.07) is 14.0. The number of benzene rings is 2. The van der Waals surface area contributed by atoms with Gasteiger partial charge in [-0.15, -0.1) is 0 Å². The normalized spacial score (nSPS) is 10.3. The molecule has 0 radical (unpaired) electrons. The predicted octanol–water partition coefficient (Wildman–Crippen LogP) is 4.01. The van der Waals surface area contributed by atoms with Crippen molar-refractivity contribution in [3.8, 4) is 5.75 Å². The van der Waals surface area contributed by atoms with Crippen molar-refractivity contribution in [2.45, 2.75) is 6.92 Å². The van der Waals surface area contributed by atoms with Gasteiger partial charge in [0, 0.05) is 17.2 Å². The number of amides is 1. The van der Waals surface area contributed by atoms with Crippen LogP contribution in [0.4, 0.5) is 5.69 Å². The van der Waals surface area contributed by atoms with E-state index < -0.39 is 0 Å². The summed E-state index contributed by atoms with van der Waals surface area (Å²) in [6.45, 7) is 3.52. The zero-order valence-corrected chi connectivity index (χ0v) is 13.1. The topological polar surface area (TPSA) is 47.6 Å². The number of hydrogen-bond donors (Lipinski definition) is 1. The minimum absolute atomic E-state index is 0.211. The van der Waals surface area contributed by atoms with Crippen LogP contribution >= 0.6 is 11.6 Å². The maximum absolute atomic E-state index is 12.2. The quantitative estimate of drug-likeness (QED) is 0.784. The van der Waals surface area contributed by atoms with Gasteiger partial charge >= 0.3 is 0 Å². The molecule has 0 saturated carbocycles. The molecule has 2 rings (SSSR count). The van der Waals surface area contributed by atoms with Gasteiger partial charge in [-0.05, 0) is 43.3 Å². The number of hydrogen-bond acceptors (Lipinski definition) is 3. The summed E-state index contributed by atoms with van der Waals surface area (Å²) in [5, 5.41) is 3.43. The first kappa shape index (κ1) is 16.3. The minimum atomic E-state index is -0.211. The molecule has 0 spiro atoms. The first-order chi connectivity index (χ1) is 10.7. The van der Waals surface area contributed by atoms with Crippen LogP contribution in [0.5, 0.6) is 5.75 Å². The van der Waals surface area contributed by atoms with Crippen LogP contribution in [-0.2, 0) is 4.74 Å². The molecule has 2 aromatic rings. The average Bonchev–Trinajstić information content (AvgIpc) is 2.53. The minimum Gasteiger partial charge on any atom is -0.489 e. The van der Waals surface area contributed by atoms with E-state index >= 15 is 0 Å². The van der Waals surface area contributed by atoms with Crippen molar-refractivity contribution in [3.63, 3.8) is 0 Å². The number of ether oxygens (including phenoxy) is 2. The number of carbonyl (C=O) groups excluding carboxylic acids is 1. The molecule has 116 valence electrons. The molecule has 0 fully saturated rings. The van der Waals surface area contributed by atoms with Crippen LogP contribution in [0.3, 0.4) is 0 Å². The summed E-state index contributed by atoms with van der Waals surface area (Å²) in [7, 11) is 0. The van der Waals surface area contributed by atoms with Crippen molar-refractivity contribution in [1.82, 2.24) is 0 Å². The van der Waals surface area contributed by atoms with Crippen molar-refractivity contribution < 1.29 is 14.3 Å². The summed E-state index contributed by atoms with van der Waals surface area (Å²) in [5.41, 5.74) is 1.16. The molecule has 0 atom stereocenters. The van der Waals surface area contributed by atoms with Gasteiger partial charge < -0.3 is 14.8 Å². The molecule has 4 nitrogen and oxygen atoms in total. The fraction of sp³-hybridized carbons (Fsp3) is 0.235. The van der Waals surface area contributed by atoms with Crippen LogP contribution in [0.15, 0.2) is 48.5 Å². The fourth-order valence-corrected chi connectivity index (χ4v) is 1.97. The molecule has 22 heavy (non-hydrogen) atoms. The number of halogens is 1. The second-order valence-electron chi connectivity index (χ2n) is 4.50. The summed E-state index contributed by atoms with van der Waals surface area (Å²) >= 11 is 5.82. The monoisotopic (exact) mass is 319 g/mol. The molecule has 0 aliphatic carbocycles. The zero-order valence-electron chi connectivity index (χ0n) is 12.3. The van der Waals surface area contributed by atoms with Gasteiger partial charge in [0.15, 0.2) is 0 Å². The molecular weight excluding hydrogens is 302 g/mol. The number of para-hydroxylation sites is 2. The van der Waals surface area contributed by atoms with Crippen LogP contribution in [0.25, 0.3) is 0 Å². The van der Waals surface area contributed by atoms with Gasteiger partial charge in [0.05, 0.1) is 12.3 Å². The van der Waals surface area contributed by atoms with Crippen molar-refractivity contribution in [2.24, 2.45) is 0 Å². The molecule has 1 amide bonds.